The lowest BCUT2D eigenvalue weighted by atomic mass is 10.2. The number of fused-ring (bicyclic) bond motifs is 1. The highest BCUT2D eigenvalue weighted by atomic mass is 35.5. The highest BCUT2D eigenvalue weighted by molar-refractivity contribution is 7.99. The fourth-order valence-electron chi connectivity index (χ4n) is 3.21. The van der Waals surface area contributed by atoms with Gasteiger partial charge in [0.2, 0.25) is 5.91 Å². The number of rotatable bonds is 8. The average molecular weight is 446 g/mol. The van der Waals surface area contributed by atoms with Crippen LogP contribution in [0.15, 0.2) is 52.4 Å². The third-order valence-corrected chi connectivity index (χ3v) is 5.76. The quantitative estimate of drug-likeness (QED) is 0.409. The second kappa shape index (κ2) is 10.00. The molecule has 1 amide bonds. The van der Waals surface area contributed by atoms with E-state index in [9.17, 15) is 9.59 Å². The van der Waals surface area contributed by atoms with Crippen molar-refractivity contribution in [3.05, 3.63) is 57.8 Å². The van der Waals surface area contributed by atoms with Gasteiger partial charge in [-0.25, -0.2) is 4.98 Å². The van der Waals surface area contributed by atoms with Gasteiger partial charge in [0.15, 0.2) is 5.16 Å². The van der Waals surface area contributed by atoms with Crippen molar-refractivity contribution >= 4 is 40.2 Å². The molecule has 1 N–H and O–H groups in total. The molecule has 1 heterocycles. The van der Waals surface area contributed by atoms with Crippen LogP contribution in [0.5, 0.6) is 5.75 Å². The number of ether oxygens (including phenoxy) is 1. The number of methoxy groups -OCH3 is 1. The van der Waals surface area contributed by atoms with Crippen molar-refractivity contribution in [2.24, 2.45) is 0 Å². The number of benzene rings is 2. The first-order valence-electron chi connectivity index (χ1n) is 9.72. The lowest BCUT2D eigenvalue weighted by Crippen LogP contribution is -2.34. The molecule has 1 atom stereocenters. The van der Waals surface area contributed by atoms with Crippen molar-refractivity contribution in [2.45, 2.75) is 37.9 Å². The van der Waals surface area contributed by atoms with Crippen LogP contribution in [0.25, 0.3) is 16.6 Å². The van der Waals surface area contributed by atoms with E-state index in [1.165, 1.54) is 16.3 Å². The second-order valence-corrected chi connectivity index (χ2v) is 8.29. The summed E-state index contributed by atoms with van der Waals surface area (Å²) >= 11 is 7.31. The molecule has 158 valence electrons. The fourth-order valence-corrected chi connectivity index (χ4v) is 4.20. The number of carbonyl (C=O) groups is 1. The van der Waals surface area contributed by atoms with Crippen molar-refractivity contribution < 1.29 is 9.53 Å². The van der Waals surface area contributed by atoms with Crippen LogP contribution < -0.4 is 15.6 Å². The smallest absolute Gasteiger partial charge is 0.266 e. The Labute approximate surface area is 184 Å². The van der Waals surface area contributed by atoms with Gasteiger partial charge in [-0.2, -0.15) is 0 Å². The van der Waals surface area contributed by atoms with Gasteiger partial charge in [0, 0.05) is 11.1 Å². The Kier molecular flexibility index (Phi) is 7.39. The molecule has 0 aliphatic rings. The first kappa shape index (κ1) is 22.2. The highest BCUT2D eigenvalue weighted by Crippen LogP contribution is 2.27. The molecule has 0 bridgehead atoms. The zero-order valence-corrected chi connectivity index (χ0v) is 18.7. The van der Waals surface area contributed by atoms with Gasteiger partial charge in [-0.15, -0.1) is 0 Å². The zero-order chi connectivity index (χ0) is 21.7. The molecular formula is C22H24ClN3O3S. The molecule has 0 radical (unpaired) electrons. The molecule has 0 saturated carbocycles. The van der Waals surface area contributed by atoms with E-state index in [0.29, 0.717) is 32.5 Å². The van der Waals surface area contributed by atoms with Gasteiger partial charge >= 0.3 is 0 Å². The van der Waals surface area contributed by atoms with E-state index in [1.54, 1.807) is 37.4 Å². The molecule has 1 unspecified atom stereocenters. The summed E-state index contributed by atoms with van der Waals surface area (Å²) in [6, 6.07) is 12.3. The minimum Gasteiger partial charge on any atom is -0.495 e. The summed E-state index contributed by atoms with van der Waals surface area (Å²) in [5, 5.41) is 4.31. The number of amides is 1. The number of hydrogen-bond donors (Lipinski definition) is 1. The van der Waals surface area contributed by atoms with Crippen LogP contribution >= 0.6 is 23.4 Å². The number of thioether (sulfide) groups is 1. The summed E-state index contributed by atoms with van der Waals surface area (Å²) in [7, 11) is 1.55. The SMILES string of the molecule is CCCC(C)NC(=O)CSc1nc2cc(Cl)ccc2c(=O)n1-c1ccccc1OC. The van der Waals surface area contributed by atoms with E-state index in [-0.39, 0.29) is 23.3 Å². The maximum atomic E-state index is 13.3. The van der Waals surface area contributed by atoms with Crippen LogP contribution in [0.4, 0.5) is 0 Å². The van der Waals surface area contributed by atoms with Gasteiger partial charge in [-0.05, 0) is 43.7 Å². The molecule has 0 spiro atoms. The average Bonchev–Trinajstić information content (AvgIpc) is 2.72. The first-order valence-corrected chi connectivity index (χ1v) is 11.1. The number of hydrogen-bond acceptors (Lipinski definition) is 5. The van der Waals surface area contributed by atoms with E-state index < -0.39 is 0 Å². The van der Waals surface area contributed by atoms with Crippen LogP contribution in [-0.2, 0) is 4.79 Å². The van der Waals surface area contributed by atoms with Crippen molar-refractivity contribution in [2.75, 3.05) is 12.9 Å². The Morgan fingerprint density at radius 1 is 1.30 bits per heavy atom. The maximum Gasteiger partial charge on any atom is 0.266 e. The third kappa shape index (κ3) is 4.96. The molecule has 1 aromatic heterocycles. The van der Waals surface area contributed by atoms with E-state index in [2.05, 4.69) is 17.2 Å². The second-order valence-electron chi connectivity index (χ2n) is 6.91. The Hall–Kier alpha value is -2.51. The number of para-hydroxylation sites is 2. The molecular weight excluding hydrogens is 422 g/mol. The predicted molar refractivity (Wildman–Crippen MR) is 122 cm³/mol. The number of carbonyl (C=O) groups excluding carboxylic acids is 1. The summed E-state index contributed by atoms with van der Waals surface area (Å²) in [6.45, 7) is 4.06. The fraction of sp³-hybridized carbons (Fsp3) is 0.318. The summed E-state index contributed by atoms with van der Waals surface area (Å²) in [5.41, 5.74) is 0.806. The molecule has 8 heteroatoms. The molecule has 0 saturated heterocycles. The Balaban J connectivity index is 2.05. The molecule has 0 aliphatic heterocycles. The molecule has 6 nitrogen and oxygen atoms in total. The van der Waals surface area contributed by atoms with Gasteiger partial charge < -0.3 is 10.1 Å². The van der Waals surface area contributed by atoms with Gasteiger partial charge in [-0.1, -0.05) is 48.8 Å². The highest BCUT2D eigenvalue weighted by Gasteiger charge is 2.18. The van der Waals surface area contributed by atoms with Crippen molar-refractivity contribution in [1.82, 2.24) is 14.9 Å². The third-order valence-electron chi connectivity index (χ3n) is 4.59. The van der Waals surface area contributed by atoms with Crippen LogP contribution in [0.3, 0.4) is 0 Å². The number of halogens is 1. The monoisotopic (exact) mass is 445 g/mol. The van der Waals surface area contributed by atoms with Gasteiger partial charge in [0.1, 0.15) is 5.75 Å². The van der Waals surface area contributed by atoms with Gasteiger partial charge in [-0.3, -0.25) is 14.2 Å². The molecule has 0 aliphatic carbocycles. The number of aromatic nitrogens is 2. The van der Waals surface area contributed by atoms with Gasteiger partial charge in [0.25, 0.3) is 5.56 Å². The summed E-state index contributed by atoms with van der Waals surface area (Å²) < 4.78 is 6.94. The standard InChI is InChI=1S/C22H24ClN3O3S/c1-4-7-14(2)24-20(27)13-30-22-25-17-12-15(23)10-11-16(17)21(28)26(22)18-8-5-6-9-19(18)29-3/h5-6,8-12,14H,4,7,13H2,1-3H3,(H,24,27). The summed E-state index contributed by atoms with van der Waals surface area (Å²) in [5.74, 6) is 0.576. The number of nitrogens with one attached hydrogen (secondary N) is 1. The topological polar surface area (TPSA) is 73.2 Å². The summed E-state index contributed by atoms with van der Waals surface area (Å²) in [4.78, 5) is 30.4. The Morgan fingerprint density at radius 2 is 2.07 bits per heavy atom. The van der Waals surface area contributed by atoms with Crippen molar-refractivity contribution in [1.29, 1.82) is 0 Å². The van der Waals surface area contributed by atoms with E-state index in [4.69, 9.17) is 16.3 Å². The van der Waals surface area contributed by atoms with E-state index in [0.717, 1.165) is 12.8 Å². The molecule has 3 aromatic rings. The van der Waals surface area contributed by atoms with Crippen LogP contribution in [0.1, 0.15) is 26.7 Å². The number of nitrogens with zero attached hydrogens (tertiary/aromatic N) is 2. The van der Waals surface area contributed by atoms with Crippen LogP contribution in [0, 0.1) is 0 Å². The Bertz CT molecular complexity index is 1120. The zero-order valence-electron chi connectivity index (χ0n) is 17.1. The van der Waals surface area contributed by atoms with E-state index >= 15 is 0 Å². The maximum absolute atomic E-state index is 13.3. The lowest BCUT2D eigenvalue weighted by molar-refractivity contribution is -0.119. The Morgan fingerprint density at radius 3 is 2.80 bits per heavy atom. The minimum absolute atomic E-state index is 0.0999. The lowest BCUT2D eigenvalue weighted by Gasteiger charge is -2.16. The largest absolute Gasteiger partial charge is 0.495 e. The van der Waals surface area contributed by atoms with Crippen molar-refractivity contribution in [3.63, 3.8) is 0 Å². The van der Waals surface area contributed by atoms with Crippen LogP contribution in [-0.4, -0.2) is 34.4 Å². The van der Waals surface area contributed by atoms with Crippen LogP contribution in [0.2, 0.25) is 5.02 Å². The molecule has 0 fully saturated rings. The van der Waals surface area contributed by atoms with Gasteiger partial charge in [0.05, 0.1) is 29.5 Å². The van der Waals surface area contributed by atoms with Crippen molar-refractivity contribution in [3.8, 4) is 11.4 Å². The normalized spacial score (nSPS) is 12.0. The molecule has 2 aromatic carbocycles. The predicted octanol–water partition coefficient (Wildman–Crippen LogP) is 4.44. The molecule has 30 heavy (non-hydrogen) atoms. The molecule has 3 rings (SSSR count). The minimum atomic E-state index is -0.247. The summed E-state index contributed by atoms with van der Waals surface area (Å²) in [6.07, 6.45) is 1.91. The first-order chi connectivity index (χ1) is 14.4. The van der Waals surface area contributed by atoms with E-state index in [1.807, 2.05) is 19.1 Å².